The van der Waals surface area contributed by atoms with E-state index in [0.717, 1.165) is 70.0 Å². The van der Waals surface area contributed by atoms with Crippen LogP contribution in [0, 0.1) is 80.8 Å². The van der Waals surface area contributed by atoms with Crippen molar-refractivity contribution in [2.24, 2.45) is 80.8 Å². The van der Waals surface area contributed by atoms with Crippen molar-refractivity contribution in [2.75, 3.05) is 0 Å². The molecule has 0 radical (unpaired) electrons. The first-order chi connectivity index (χ1) is 30.2. The average Bonchev–Trinajstić information content (AvgIpc) is 4.12. The Morgan fingerprint density at radius 2 is 0.953 bits per heavy atom. The van der Waals surface area contributed by atoms with Gasteiger partial charge in [0.2, 0.25) is 0 Å². The lowest BCUT2D eigenvalue weighted by Crippen LogP contribution is -2.13. The van der Waals surface area contributed by atoms with Crippen LogP contribution in [0.2, 0.25) is 0 Å². The lowest BCUT2D eigenvalue weighted by molar-refractivity contribution is 0.281. The first-order valence-corrected chi connectivity index (χ1v) is 30.2. The van der Waals surface area contributed by atoms with E-state index in [1.807, 2.05) is 0 Å². The van der Waals surface area contributed by atoms with Crippen LogP contribution in [-0.4, -0.2) is 0 Å². The minimum absolute atomic E-state index is 0.653. The molecule has 0 amide bonds. The second-order valence-corrected chi connectivity index (χ2v) is 27.4. The standard InChI is InChI=1S/C8H14.7C8H16/c1-6-7-2-3-8(6)5-4-7;1-7-4-5-8(2,3)6-7;1-7-5-4-6-8(7,2)3;1-7(2)8-5-3-4-6-8;2*1-3-8(2)6-4-5-7-8;1-3-8-6-4-5-7(8)2;1-2-5-8-6-3-4-7-8/h6-8H,2-5H2,1H3;2*7H,4-6H2,1-3H3;7-8H,3-6H2,1-2H3;2*3-7H2,1-2H3;7-8H,3-6H2,1-2H3;8H,2-7H2,1H3/t;2*7-;;;;;/m.00...../s1. The fraction of sp³-hybridized carbons (Fsp3) is 1.00. The summed E-state index contributed by atoms with van der Waals surface area (Å²) in [4.78, 5) is 0. The van der Waals surface area contributed by atoms with Gasteiger partial charge >= 0.3 is 0 Å². The van der Waals surface area contributed by atoms with Crippen LogP contribution in [-0.2, 0) is 0 Å². The third kappa shape index (κ3) is 23.5. The van der Waals surface area contributed by atoms with E-state index < -0.39 is 0 Å². The van der Waals surface area contributed by atoms with Gasteiger partial charge in [0.25, 0.3) is 0 Å². The van der Waals surface area contributed by atoms with Crippen molar-refractivity contribution in [2.45, 2.75) is 329 Å². The summed E-state index contributed by atoms with van der Waals surface area (Å²) in [6, 6.07) is 0. The highest BCUT2D eigenvalue weighted by Crippen LogP contribution is 2.49. The molecule has 2 bridgehead atoms. The van der Waals surface area contributed by atoms with Crippen molar-refractivity contribution in [3.05, 3.63) is 0 Å². The summed E-state index contributed by atoms with van der Waals surface area (Å²) >= 11 is 0. The smallest absolute Gasteiger partial charge is 0.0328 e. The fourth-order valence-electron chi connectivity index (χ4n) is 14.2. The van der Waals surface area contributed by atoms with Crippen molar-refractivity contribution in [1.29, 1.82) is 0 Å². The van der Waals surface area contributed by atoms with Gasteiger partial charge in [0, 0.05) is 0 Å². The summed E-state index contributed by atoms with van der Waals surface area (Å²) in [6.07, 6.45) is 50.2. The summed E-state index contributed by atoms with van der Waals surface area (Å²) in [6.45, 7) is 37.8. The Morgan fingerprint density at radius 3 is 1.16 bits per heavy atom. The van der Waals surface area contributed by atoms with E-state index in [9.17, 15) is 0 Å². The van der Waals surface area contributed by atoms with E-state index in [1.54, 1.807) is 25.7 Å². The zero-order chi connectivity index (χ0) is 47.8. The molecule has 9 fully saturated rings. The van der Waals surface area contributed by atoms with Gasteiger partial charge in [-0.05, 0) is 151 Å². The first-order valence-electron chi connectivity index (χ1n) is 30.2. The molecule has 0 aromatic heterocycles. The highest BCUT2D eigenvalue weighted by Gasteiger charge is 2.38. The van der Waals surface area contributed by atoms with Crippen molar-refractivity contribution in [3.8, 4) is 0 Å². The summed E-state index contributed by atoms with van der Waals surface area (Å²) in [5, 5.41) is 0. The van der Waals surface area contributed by atoms with Crippen LogP contribution < -0.4 is 0 Å². The number of hydrogen-bond donors (Lipinski definition) is 0. The summed E-state index contributed by atoms with van der Waals surface area (Å²) in [5.74, 6) is 10.5. The Labute approximate surface area is 408 Å². The van der Waals surface area contributed by atoms with Gasteiger partial charge < -0.3 is 0 Å². The maximum atomic E-state index is 2.44. The summed E-state index contributed by atoms with van der Waals surface area (Å²) in [7, 11) is 0. The van der Waals surface area contributed by atoms with Gasteiger partial charge in [-0.1, -0.05) is 258 Å². The molecule has 0 nitrogen and oxygen atoms in total. The molecule has 0 saturated heterocycles. The molecule has 0 heterocycles. The molecule has 4 atom stereocenters. The van der Waals surface area contributed by atoms with E-state index in [1.165, 1.54) is 193 Å². The van der Waals surface area contributed by atoms with Crippen molar-refractivity contribution in [3.63, 3.8) is 0 Å². The molecule has 9 aliphatic rings. The van der Waals surface area contributed by atoms with Gasteiger partial charge in [-0.15, -0.1) is 0 Å². The van der Waals surface area contributed by atoms with Crippen molar-refractivity contribution < 1.29 is 0 Å². The minimum atomic E-state index is 0.653. The van der Waals surface area contributed by atoms with Crippen LogP contribution in [0.15, 0.2) is 0 Å². The molecule has 0 heteroatoms. The Hall–Kier alpha value is 0. The number of hydrogen-bond acceptors (Lipinski definition) is 0. The summed E-state index contributed by atoms with van der Waals surface area (Å²) < 4.78 is 0. The van der Waals surface area contributed by atoms with Crippen LogP contribution in [0.4, 0.5) is 0 Å². The molecule has 9 rings (SSSR count). The third-order valence-corrected chi connectivity index (χ3v) is 20.7. The monoisotopic (exact) mass is 895 g/mol. The Balaban J connectivity index is 0.000000251. The molecule has 382 valence electrons. The zero-order valence-corrected chi connectivity index (χ0v) is 47.8. The lowest BCUT2D eigenvalue weighted by Gasteiger charge is -2.22. The minimum Gasteiger partial charge on any atom is -0.0654 e. The quantitative estimate of drug-likeness (QED) is 0.249. The average molecular weight is 896 g/mol. The topological polar surface area (TPSA) is 0 Å². The van der Waals surface area contributed by atoms with Gasteiger partial charge in [0.05, 0.1) is 0 Å². The Kier molecular flexibility index (Phi) is 29.4. The van der Waals surface area contributed by atoms with Crippen LogP contribution in [0.1, 0.15) is 329 Å². The molecule has 9 saturated carbocycles. The van der Waals surface area contributed by atoms with Gasteiger partial charge in [-0.2, -0.15) is 0 Å². The SMILES string of the molecule is CC(C)C1CCCC1.CC1C2CCC1CC2.CCC1(C)CCCC1.CCC1(C)CCCC1.CCC1CCCC1C.CCCC1CCCC1.C[C@H]1CCC(C)(C)C1.C[C@H]1CCCC1(C)C. The second kappa shape index (κ2) is 31.3. The maximum Gasteiger partial charge on any atom is -0.0328 e. The highest BCUT2D eigenvalue weighted by atomic mass is 14.4. The first kappa shape index (κ1) is 60.1. The van der Waals surface area contributed by atoms with Crippen LogP contribution in [0.3, 0.4) is 0 Å². The number of rotatable bonds is 6. The molecule has 0 aromatic carbocycles. The Morgan fingerprint density at radius 1 is 0.469 bits per heavy atom. The van der Waals surface area contributed by atoms with Gasteiger partial charge in [-0.25, -0.2) is 0 Å². The maximum absolute atomic E-state index is 2.44. The third-order valence-electron chi connectivity index (χ3n) is 20.7. The van der Waals surface area contributed by atoms with Crippen LogP contribution >= 0.6 is 0 Å². The molecule has 0 N–H and O–H groups in total. The predicted molar refractivity (Wildman–Crippen MR) is 292 cm³/mol. The van der Waals surface area contributed by atoms with Gasteiger partial charge in [-0.3, -0.25) is 0 Å². The Bertz CT molecular complexity index is 1050. The lowest BCUT2D eigenvalue weighted by atomic mass is 9.83. The molecular formula is C64H126. The molecule has 9 aliphatic carbocycles. The number of fused-ring (bicyclic) bond motifs is 2. The zero-order valence-electron chi connectivity index (χ0n) is 47.8. The normalized spacial score (nSPS) is 32.5. The molecule has 0 spiro atoms. The van der Waals surface area contributed by atoms with Crippen LogP contribution in [0.25, 0.3) is 0 Å². The molecular weight excluding hydrogens is 769 g/mol. The van der Waals surface area contributed by atoms with Gasteiger partial charge in [0.15, 0.2) is 0 Å². The highest BCUT2D eigenvalue weighted by molar-refractivity contribution is 4.89. The van der Waals surface area contributed by atoms with E-state index in [-0.39, 0.29) is 0 Å². The molecule has 0 aromatic rings. The van der Waals surface area contributed by atoms with Gasteiger partial charge in [0.1, 0.15) is 0 Å². The van der Waals surface area contributed by atoms with E-state index in [0.29, 0.717) is 10.8 Å². The second-order valence-electron chi connectivity index (χ2n) is 27.4. The van der Waals surface area contributed by atoms with Crippen LogP contribution in [0.5, 0.6) is 0 Å². The molecule has 64 heavy (non-hydrogen) atoms. The van der Waals surface area contributed by atoms with E-state index in [4.69, 9.17) is 0 Å². The molecule has 0 aliphatic heterocycles. The predicted octanol–water partition coefficient (Wildman–Crippen LogP) is 22.7. The van der Waals surface area contributed by atoms with Crippen molar-refractivity contribution in [1.82, 2.24) is 0 Å². The largest absolute Gasteiger partial charge is 0.0654 e. The summed E-state index contributed by atoms with van der Waals surface area (Å²) in [5.41, 5.74) is 2.79. The fourth-order valence-corrected chi connectivity index (χ4v) is 14.2. The van der Waals surface area contributed by atoms with E-state index in [2.05, 4.69) is 111 Å². The van der Waals surface area contributed by atoms with E-state index >= 15 is 0 Å². The van der Waals surface area contributed by atoms with Crippen molar-refractivity contribution >= 4 is 0 Å². The molecule has 2 unspecified atom stereocenters.